The van der Waals surface area contributed by atoms with Gasteiger partial charge in [-0.15, -0.1) is 6.10 Å². The van der Waals surface area contributed by atoms with Gasteiger partial charge in [-0.3, -0.25) is 0 Å². The van der Waals surface area contributed by atoms with Crippen molar-refractivity contribution in [3.63, 3.8) is 0 Å². The lowest BCUT2D eigenvalue weighted by atomic mass is 9.83. The Labute approximate surface area is 58.1 Å². The number of hydrogen-bond acceptors (Lipinski definition) is 1. The molecule has 0 aromatic carbocycles. The molecule has 0 rings (SSSR count). The van der Waals surface area contributed by atoms with Crippen molar-refractivity contribution < 1.29 is 5.11 Å². The molecule has 0 bridgehead atoms. The van der Waals surface area contributed by atoms with Crippen LogP contribution in [0.25, 0.3) is 0 Å². The largest absolute Gasteiger partial charge is 0.851 e. The topological polar surface area (TPSA) is 23.1 Å². The molecule has 0 amide bonds. The van der Waals surface area contributed by atoms with Crippen LogP contribution in [0.2, 0.25) is 0 Å². The molecule has 1 nitrogen and oxygen atoms in total. The molecule has 0 radical (unpaired) electrons. The highest BCUT2D eigenvalue weighted by Crippen LogP contribution is 2.22. The maximum atomic E-state index is 11.2. The molecule has 1 unspecified atom stereocenters. The van der Waals surface area contributed by atoms with Crippen molar-refractivity contribution in [3.8, 4) is 0 Å². The second-order valence-electron chi connectivity index (χ2n) is 4.03. The first kappa shape index (κ1) is 8.96. The van der Waals surface area contributed by atoms with Crippen molar-refractivity contribution in [1.82, 2.24) is 0 Å². The molecule has 1 atom stereocenters. The second kappa shape index (κ2) is 2.70. The van der Waals surface area contributed by atoms with E-state index in [2.05, 4.69) is 0 Å². The zero-order valence-corrected chi connectivity index (χ0v) is 7.06. The third-order valence-electron chi connectivity index (χ3n) is 1.46. The van der Waals surface area contributed by atoms with E-state index in [9.17, 15) is 5.11 Å². The Hall–Kier alpha value is -0.0400. The normalized spacial score (nSPS) is 16.3. The first-order valence-corrected chi connectivity index (χ1v) is 3.51. The molecular formula is C8H17O-. The molecule has 56 valence electrons. The highest BCUT2D eigenvalue weighted by Gasteiger charge is 2.16. The van der Waals surface area contributed by atoms with Crippen LogP contribution in [0.15, 0.2) is 0 Å². The molecule has 0 aromatic rings. The number of rotatable bonds is 1. The lowest BCUT2D eigenvalue weighted by molar-refractivity contribution is -0.454. The average Bonchev–Trinajstić information content (AvgIpc) is 1.62. The summed E-state index contributed by atoms with van der Waals surface area (Å²) in [4.78, 5) is 0. The molecule has 0 fully saturated rings. The first-order valence-electron chi connectivity index (χ1n) is 3.51. The summed E-state index contributed by atoms with van der Waals surface area (Å²) in [5, 5.41) is 11.2. The standard InChI is InChI=1S/C8H17O/c1-6(2)7(9)8(3,4)5/h6-7H,1-5H3/q-1. The van der Waals surface area contributed by atoms with Crippen LogP contribution in [0.4, 0.5) is 0 Å². The predicted molar refractivity (Wildman–Crippen MR) is 38.1 cm³/mol. The monoisotopic (exact) mass is 129 g/mol. The molecule has 0 aromatic heterocycles. The van der Waals surface area contributed by atoms with Crippen molar-refractivity contribution in [2.45, 2.75) is 40.7 Å². The minimum absolute atomic E-state index is 0.0752. The summed E-state index contributed by atoms with van der Waals surface area (Å²) < 4.78 is 0. The molecule has 0 saturated heterocycles. The third kappa shape index (κ3) is 2.85. The zero-order valence-electron chi connectivity index (χ0n) is 7.06. The Morgan fingerprint density at radius 3 is 1.44 bits per heavy atom. The molecular weight excluding hydrogens is 112 g/mol. The van der Waals surface area contributed by atoms with E-state index >= 15 is 0 Å². The van der Waals surface area contributed by atoms with E-state index in [4.69, 9.17) is 0 Å². The summed E-state index contributed by atoms with van der Waals surface area (Å²) in [6, 6.07) is 0. The van der Waals surface area contributed by atoms with Crippen LogP contribution in [-0.4, -0.2) is 6.10 Å². The second-order valence-corrected chi connectivity index (χ2v) is 4.03. The molecule has 0 aliphatic heterocycles. The highest BCUT2D eigenvalue weighted by molar-refractivity contribution is 4.73. The Bertz CT molecular complexity index is 79.1. The summed E-state index contributed by atoms with van der Waals surface area (Å²) in [6.07, 6.45) is -0.433. The highest BCUT2D eigenvalue weighted by atomic mass is 16.3. The van der Waals surface area contributed by atoms with Crippen molar-refractivity contribution >= 4 is 0 Å². The van der Waals surface area contributed by atoms with Crippen LogP contribution in [-0.2, 0) is 0 Å². The molecule has 0 N–H and O–H groups in total. The van der Waals surface area contributed by atoms with Gasteiger partial charge in [0, 0.05) is 0 Å². The van der Waals surface area contributed by atoms with E-state index in [-0.39, 0.29) is 11.3 Å². The van der Waals surface area contributed by atoms with Crippen molar-refractivity contribution in [2.24, 2.45) is 11.3 Å². The first-order chi connectivity index (χ1) is 3.85. The van der Waals surface area contributed by atoms with Crippen LogP contribution in [0.3, 0.4) is 0 Å². The molecule has 0 heterocycles. The maximum absolute atomic E-state index is 11.2. The Morgan fingerprint density at radius 1 is 1.11 bits per heavy atom. The van der Waals surface area contributed by atoms with Gasteiger partial charge in [-0.2, -0.15) is 0 Å². The van der Waals surface area contributed by atoms with Crippen LogP contribution in [0.5, 0.6) is 0 Å². The van der Waals surface area contributed by atoms with Gasteiger partial charge in [-0.1, -0.05) is 46.0 Å². The molecule has 0 aliphatic rings. The Kier molecular flexibility index (Phi) is 2.68. The van der Waals surface area contributed by atoms with Crippen LogP contribution in [0.1, 0.15) is 34.6 Å². The summed E-state index contributed by atoms with van der Waals surface area (Å²) in [5.74, 6) is 0.255. The van der Waals surface area contributed by atoms with Gasteiger partial charge in [-0.05, 0) is 0 Å². The van der Waals surface area contributed by atoms with Gasteiger partial charge in [0.2, 0.25) is 0 Å². The lowest BCUT2D eigenvalue weighted by Crippen LogP contribution is -2.42. The van der Waals surface area contributed by atoms with E-state index in [0.717, 1.165) is 0 Å². The Morgan fingerprint density at radius 2 is 1.44 bits per heavy atom. The fraction of sp³-hybridized carbons (Fsp3) is 1.00. The summed E-state index contributed by atoms with van der Waals surface area (Å²) in [7, 11) is 0. The smallest absolute Gasteiger partial charge is 0.0505 e. The van der Waals surface area contributed by atoms with Crippen LogP contribution < -0.4 is 5.11 Å². The fourth-order valence-corrected chi connectivity index (χ4v) is 1.00. The molecule has 9 heavy (non-hydrogen) atoms. The minimum atomic E-state index is -0.433. The predicted octanol–water partition coefficient (Wildman–Crippen LogP) is 1.42. The lowest BCUT2D eigenvalue weighted by Gasteiger charge is -2.39. The molecule has 0 aliphatic carbocycles. The van der Waals surface area contributed by atoms with E-state index in [1.54, 1.807) is 0 Å². The van der Waals surface area contributed by atoms with Gasteiger partial charge in [0.1, 0.15) is 0 Å². The van der Waals surface area contributed by atoms with Gasteiger partial charge in [0.15, 0.2) is 0 Å². The van der Waals surface area contributed by atoms with Gasteiger partial charge in [0.05, 0.1) is 0 Å². The summed E-state index contributed by atoms with van der Waals surface area (Å²) in [5.41, 5.74) is -0.0752. The van der Waals surface area contributed by atoms with Gasteiger partial charge in [0.25, 0.3) is 0 Å². The van der Waals surface area contributed by atoms with Gasteiger partial charge in [-0.25, -0.2) is 0 Å². The molecule has 1 heteroatoms. The van der Waals surface area contributed by atoms with Gasteiger partial charge >= 0.3 is 0 Å². The third-order valence-corrected chi connectivity index (χ3v) is 1.46. The van der Waals surface area contributed by atoms with Crippen molar-refractivity contribution in [3.05, 3.63) is 0 Å². The summed E-state index contributed by atoms with van der Waals surface area (Å²) in [6.45, 7) is 9.92. The molecule has 0 spiro atoms. The Balaban J connectivity index is 3.88. The van der Waals surface area contributed by atoms with E-state index < -0.39 is 6.10 Å². The minimum Gasteiger partial charge on any atom is -0.851 e. The fourth-order valence-electron chi connectivity index (χ4n) is 1.00. The van der Waals surface area contributed by atoms with Crippen molar-refractivity contribution in [1.29, 1.82) is 0 Å². The average molecular weight is 129 g/mol. The van der Waals surface area contributed by atoms with Crippen molar-refractivity contribution in [2.75, 3.05) is 0 Å². The summed E-state index contributed by atoms with van der Waals surface area (Å²) >= 11 is 0. The number of hydrogen-bond donors (Lipinski definition) is 0. The van der Waals surface area contributed by atoms with E-state index in [1.165, 1.54) is 0 Å². The van der Waals surface area contributed by atoms with E-state index in [1.807, 2.05) is 34.6 Å². The quantitative estimate of drug-likeness (QED) is 0.525. The van der Waals surface area contributed by atoms with E-state index in [0.29, 0.717) is 0 Å². The SMILES string of the molecule is CC(C)C([O-])C(C)(C)C. The van der Waals surface area contributed by atoms with Gasteiger partial charge < -0.3 is 5.11 Å². The molecule has 0 saturated carbocycles. The maximum Gasteiger partial charge on any atom is -0.0505 e. The zero-order chi connectivity index (χ0) is 7.65. The van der Waals surface area contributed by atoms with Crippen LogP contribution >= 0.6 is 0 Å². The van der Waals surface area contributed by atoms with Crippen LogP contribution in [0, 0.1) is 11.3 Å².